The summed E-state index contributed by atoms with van der Waals surface area (Å²) in [6.45, 7) is 2.70. The van der Waals surface area contributed by atoms with Crippen molar-refractivity contribution >= 4 is 12.0 Å². The van der Waals surface area contributed by atoms with Gasteiger partial charge in [0.2, 0.25) is 5.91 Å². The van der Waals surface area contributed by atoms with Crippen LogP contribution in [-0.2, 0) is 17.6 Å². The lowest BCUT2D eigenvalue weighted by molar-refractivity contribution is -0.130. The Balaban J connectivity index is 1.38. The number of rotatable bonds is 4. The van der Waals surface area contributed by atoms with Crippen molar-refractivity contribution in [1.29, 1.82) is 0 Å². The van der Waals surface area contributed by atoms with Crippen molar-refractivity contribution in [2.24, 2.45) is 0 Å². The second-order valence-corrected chi connectivity index (χ2v) is 8.60. The summed E-state index contributed by atoms with van der Waals surface area (Å²) in [6.07, 6.45) is 8.89. The van der Waals surface area contributed by atoms with Crippen LogP contribution in [0.15, 0.2) is 54.5 Å². The Morgan fingerprint density at radius 3 is 2.78 bits per heavy atom. The van der Waals surface area contributed by atoms with Gasteiger partial charge < -0.3 is 14.2 Å². The van der Waals surface area contributed by atoms with Crippen molar-refractivity contribution in [1.82, 2.24) is 14.5 Å². The molecule has 5 nitrogen and oxygen atoms in total. The zero-order chi connectivity index (χ0) is 22.2. The number of aromatic nitrogens is 2. The average molecular weight is 432 g/mol. The van der Waals surface area contributed by atoms with Crippen LogP contribution in [0.4, 0.5) is 4.39 Å². The van der Waals surface area contributed by atoms with Crippen molar-refractivity contribution < 1.29 is 13.9 Å². The molecular weight excluding hydrogens is 405 g/mol. The highest BCUT2D eigenvalue weighted by Gasteiger charge is 2.33. The highest BCUT2D eigenvalue weighted by molar-refractivity contribution is 5.98. The molecule has 5 rings (SSSR count). The predicted molar refractivity (Wildman–Crippen MR) is 121 cm³/mol. The van der Waals surface area contributed by atoms with Crippen LogP contribution in [-0.4, -0.2) is 40.1 Å². The summed E-state index contributed by atoms with van der Waals surface area (Å²) in [5.41, 5.74) is 5.76. The molecule has 2 aromatic carbocycles. The molecule has 0 N–H and O–H groups in total. The highest BCUT2D eigenvalue weighted by atomic mass is 19.1. The number of benzene rings is 2. The Morgan fingerprint density at radius 1 is 1.16 bits per heavy atom. The van der Waals surface area contributed by atoms with E-state index in [2.05, 4.69) is 4.98 Å². The predicted octanol–water partition coefficient (Wildman–Crippen LogP) is 4.50. The number of ether oxygens (including phenoxy) is 1. The number of nitrogens with zero attached hydrogens (tertiary/aromatic N) is 3. The van der Waals surface area contributed by atoms with E-state index in [1.165, 1.54) is 6.07 Å². The van der Waals surface area contributed by atoms with Gasteiger partial charge in [0.15, 0.2) is 0 Å². The monoisotopic (exact) mass is 431 g/mol. The van der Waals surface area contributed by atoms with Crippen LogP contribution in [0.3, 0.4) is 0 Å². The maximum absolute atomic E-state index is 13.6. The Labute approximate surface area is 187 Å². The van der Waals surface area contributed by atoms with E-state index in [9.17, 15) is 9.18 Å². The Kier molecular flexibility index (Phi) is 5.29. The fraction of sp³-hybridized carbons (Fsp3) is 0.308. The molecule has 1 amide bonds. The maximum Gasteiger partial charge on any atom is 0.250 e. The van der Waals surface area contributed by atoms with Crippen molar-refractivity contribution in [3.05, 3.63) is 82.7 Å². The summed E-state index contributed by atoms with van der Waals surface area (Å²) >= 11 is 0. The topological polar surface area (TPSA) is 47.4 Å². The molecule has 1 aromatic heterocycles. The quantitative estimate of drug-likeness (QED) is 0.572. The van der Waals surface area contributed by atoms with Gasteiger partial charge in [-0.15, -0.1) is 0 Å². The number of carbonyl (C=O) groups excluding carboxylic acids is 1. The van der Waals surface area contributed by atoms with Gasteiger partial charge in [0, 0.05) is 24.4 Å². The molecule has 1 fully saturated rings. The normalized spacial score (nSPS) is 19.5. The number of imidazole rings is 1. The molecule has 0 bridgehead atoms. The average Bonchev–Trinajstić information content (AvgIpc) is 3.40. The minimum Gasteiger partial charge on any atom is -0.495 e. The number of fused-ring (bicyclic) bond motifs is 1. The lowest BCUT2D eigenvalue weighted by Gasteiger charge is -2.33. The van der Waals surface area contributed by atoms with Gasteiger partial charge in [0.05, 0.1) is 24.8 Å². The molecule has 2 aliphatic rings. The van der Waals surface area contributed by atoms with Crippen molar-refractivity contribution in [3.8, 4) is 11.4 Å². The minimum absolute atomic E-state index is 0.0859. The van der Waals surface area contributed by atoms with E-state index in [0.717, 1.165) is 71.6 Å². The summed E-state index contributed by atoms with van der Waals surface area (Å²) in [6, 6.07) is 11.0. The molecule has 32 heavy (non-hydrogen) atoms. The van der Waals surface area contributed by atoms with E-state index in [-0.39, 0.29) is 17.8 Å². The second-order valence-electron chi connectivity index (χ2n) is 8.60. The molecule has 0 radical (unpaired) electrons. The molecule has 1 aliphatic heterocycles. The Hall–Kier alpha value is -3.41. The van der Waals surface area contributed by atoms with Crippen molar-refractivity contribution in [3.63, 3.8) is 0 Å². The fourth-order valence-corrected chi connectivity index (χ4v) is 4.85. The molecule has 1 aliphatic carbocycles. The molecule has 0 saturated carbocycles. The number of hydrogen-bond donors (Lipinski definition) is 0. The van der Waals surface area contributed by atoms with Crippen LogP contribution >= 0.6 is 0 Å². The number of aryl methyl sites for hydroxylation is 1. The number of hydrogen-bond acceptors (Lipinski definition) is 3. The first-order chi connectivity index (χ1) is 15.5. The van der Waals surface area contributed by atoms with Crippen LogP contribution in [0.2, 0.25) is 0 Å². The Morgan fingerprint density at radius 2 is 2.00 bits per heavy atom. The van der Waals surface area contributed by atoms with Gasteiger partial charge in [-0.25, -0.2) is 9.37 Å². The number of halogens is 1. The Bertz CT molecular complexity index is 1210. The van der Waals surface area contributed by atoms with Crippen LogP contribution in [0.25, 0.3) is 11.8 Å². The number of carbonyl (C=O) groups is 1. The van der Waals surface area contributed by atoms with Gasteiger partial charge in [-0.05, 0) is 79.6 Å². The van der Waals surface area contributed by atoms with Gasteiger partial charge in [-0.2, -0.15) is 0 Å². The molecular formula is C26H26FN3O2. The third kappa shape index (κ3) is 3.81. The van der Waals surface area contributed by atoms with Crippen LogP contribution < -0.4 is 4.74 Å². The molecule has 1 saturated heterocycles. The summed E-state index contributed by atoms with van der Waals surface area (Å²) in [5.74, 6) is 0.603. The molecule has 0 unspecified atom stereocenters. The van der Waals surface area contributed by atoms with Crippen molar-refractivity contribution in [2.75, 3.05) is 13.7 Å². The lowest BCUT2D eigenvalue weighted by atomic mass is 9.98. The first-order valence-electron chi connectivity index (χ1n) is 11.0. The van der Waals surface area contributed by atoms with E-state index >= 15 is 0 Å². The maximum atomic E-state index is 13.6. The number of piperidine rings is 1. The van der Waals surface area contributed by atoms with Gasteiger partial charge in [0.1, 0.15) is 11.6 Å². The summed E-state index contributed by atoms with van der Waals surface area (Å²) in [7, 11) is 1.65. The van der Waals surface area contributed by atoms with E-state index < -0.39 is 0 Å². The van der Waals surface area contributed by atoms with Crippen molar-refractivity contribution in [2.45, 2.75) is 38.6 Å². The number of amides is 1. The minimum atomic E-state index is -0.210. The SMILES string of the molecule is COc1cc(/C=C2\CCCN([C@@H]3Cc4ccc(F)cc4C3)C2=O)ccc1-n1cnc(C)c1. The highest BCUT2D eigenvalue weighted by Crippen LogP contribution is 2.31. The van der Waals surface area contributed by atoms with Gasteiger partial charge in [0.25, 0.3) is 0 Å². The molecule has 6 heteroatoms. The summed E-state index contributed by atoms with van der Waals surface area (Å²) in [5, 5.41) is 0. The van der Waals surface area contributed by atoms with Crippen LogP contribution in [0.1, 0.15) is 35.2 Å². The molecule has 0 spiro atoms. The first-order valence-corrected chi connectivity index (χ1v) is 11.0. The standard InChI is InChI=1S/C26H26FN3O2/c1-17-15-29(16-28-17)24-8-5-18(11-25(24)32-2)10-20-4-3-9-30(26(20)31)23-13-19-6-7-22(27)12-21(19)14-23/h5-8,10-12,15-16,23H,3-4,9,13-14H2,1-2H3/b20-10+/t23-/m1/s1. The zero-order valence-corrected chi connectivity index (χ0v) is 18.3. The van der Waals surface area contributed by atoms with Gasteiger partial charge in [-0.1, -0.05) is 12.1 Å². The smallest absolute Gasteiger partial charge is 0.250 e. The van der Waals surface area contributed by atoms with Crippen LogP contribution in [0, 0.1) is 12.7 Å². The first kappa shape index (κ1) is 20.5. The largest absolute Gasteiger partial charge is 0.495 e. The molecule has 164 valence electrons. The van der Waals surface area contributed by atoms with Gasteiger partial charge in [-0.3, -0.25) is 4.79 Å². The van der Waals surface area contributed by atoms with E-state index in [4.69, 9.17) is 4.74 Å². The summed E-state index contributed by atoms with van der Waals surface area (Å²) in [4.78, 5) is 19.6. The lowest BCUT2D eigenvalue weighted by Crippen LogP contribution is -2.44. The van der Waals surface area contributed by atoms with E-state index in [1.54, 1.807) is 19.5 Å². The molecule has 3 aromatic rings. The zero-order valence-electron chi connectivity index (χ0n) is 18.3. The molecule has 2 heterocycles. The van der Waals surface area contributed by atoms with E-state index in [0.29, 0.717) is 0 Å². The summed E-state index contributed by atoms with van der Waals surface area (Å²) < 4.78 is 21.1. The molecule has 1 atom stereocenters. The number of methoxy groups -OCH3 is 1. The van der Waals surface area contributed by atoms with Crippen LogP contribution in [0.5, 0.6) is 5.75 Å². The fourth-order valence-electron chi connectivity index (χ4n) is 4.85. The third-order valence-corrected chi connectivity index (χ3v) is 6.44. The third-order valence-electron chi connectivity index (χ3n) is 6.44. The second kappa shape index (κ2) is 8.26. The van der Waals surface area contributed by atoms with E-state index in [1.807, 2.05) is 52.9 Å². The number of likely N-dealkylation sites (tertiary alicyclic amines) is 1. The van der Waals surface area contributed by atoms with Gasteiger partial charge >= 0.3 is 0 Å².